The fourth-order valence-corrected chi connectivity index (χ4v) is 4.74. The molecule has 0 saturated heterocycles. The van der Waals surface area contributed by atoms with Gasteiger partial charge in [0.25, 0.3) is 5.91 Å². The molecule has 1 atom stereocenters. The van der Waals surface area contributed by atoms with Crippen molar-refractivity contribution in [2.24, 2.45) is 0 Å². The van der Waals surface area contributed by atoms with Crippen LogP contribution in [0.15, 0.2) is 84.9 Å². The molecule has 41 heavy (non-hydrogen) atoms. The zero-order valence-corrected chi connectivity index (χ0v) is 25.7. The summed E-state index contributed by atoms with van der Waals surface area (Å²) >= 11 is 12.5. The number of para-hydroxylation sites is 1. The van der Waals surface area contributed by atoms with Gasteiger partial charge in [0.1, 0.15) is 28.7 Å². The van der Waals surface area contributed by atoms with Gasteiger partial charge in [0.2, 0.25) is 0 Å². The molecule has 0 aromatic heterocycles. The van der Waals surface area contributed by atoms with Crippen molar-refractivity contribution in [1.82, 2.24) is 5.32 Å². The molecule has 0 spiro atoms. The summed E-state index contributed by atoms with van der Waals surface area (Å²) < 4.78 is 17.5. The van der Waals surface area contributed by atoms with Crippen LogP contribution in [0, 0.1) is 0 Å². The molecule has 1 amide bonds. The Bertz CT molecular complexity index is 1530. The standard InChI is InChI=1S/C31H25Cl2NO6.Na/c32-21-9-6-19(27(16-21)39-22-4-2-1-3-5-22)12-14-34-30(35)20-7-10-23(11-8-20)40-29-18-28-25(17-26(29)33)24(31(36)37)13-15-38-28;/h1-11,16-18,24H,12-15H2,(H,34,35)(H,36,37);/q;+1/p-1. The van der Waals surface area contributed by atoms with Crippen LogP contribution in [0.5, 0.6) is 28.7 Å². The number of benzene rings is 4. The Kier molecular flexibility index (Phi) is 10.6. The summed E-state index contributed by atoms with van der Waals surface area (Å²) in [5.41, 5.74) is 1.84. The SMILES string of the molecule is O=C(NCCc1ccc(Cl)cc1Oc1ccccc1)c1ccc(Oc2cc3c(cc2Cl)C(C(=O)[O-])CCO3)cc1.[Na+]. The molecule has 4 aromatic carbocycles. The first kappa shape index (κ1) is 30.8. The van der Waals surface area contributed by atoms with Crippen molar-refractivity contribution in [2.45, 2.75) is 18.8 Å². The van der Waals surface area contributed by atoms with Crippen molar-refractivity contribution in [3.8, 4) is 28.7 Å². The number of ether oxygens (including phenoxy) is 3. The number of carbonyl (C=O) groups excluding carboxylic acids is 2. The van der Waals surface area contributed by atoms with Crippen LogP contribution in [0.3, 0.4) is 0 Å². The van der Waals surface area contributed by atoms with Crippen molar-refractivity contribution in [3.05, 3.63) is 112 Å². The topological polar surface area (TPSA) is 96.9 Å². The minimum Gasteiger partial charge on any atom is -0.549 e. The summed E-state index contributed by atoms with van der Waals surface area (Å²) in [6, 6.07) is 24.5. The number of carboxylic acids is 1. The van der Waals surface area contributed by atoms with Gasteiger partial charge in [-0.05, 0) is 73.0 Å². The van der Waals surface area contributed by atoms with Gasteiger partial charge in [0.15, 0.2) is 0 Å². The summed E-state index contributed by atoms with van der Waals surface area (Å²) in [7, 11) is 0. The normalized spacial score (nSPS) is 13.7. The van der Waals surface area contributed by atoms with Gasteiger partial charge in [-0.15, -0.1) is 0 Å². The van der Waals surface area contributed by atoms with Crippen LogP contribution in [0.25, 0.3) is 0 Å². The molecule has 0 bridgehead atoms. The number of carbonyl (C=O) groups is 2. The van der Waals surface area contributed by atoms with E-state index in [9.17, 15) is 14.7 Å². The first-order valence-corrected chi connectivity index (χ1v) is 13.4. The Labute approximate surface area is 269 Å². The molecule has 1 aliphatic heterocycles. The summed E-state index contributed by atoms with van der Waals surface area (Å²) in [6.45, 7) is 0.650. The van der Waals surface area contributed by atoms with Crippen LogP contribution in [0.4, 0.5) is 0 Å². The molecule has 5 rings (SSSR count). The van der Waals surface area contributed by atoms with Crippen LogP contribution in [0.2, 0.25) is 10.0 Å². The number of aliphatic carboxylic acids is 1. The maximum atomic E-state index is 12.7. The van der Waals surface area contributed by atoms with Crippen molar-refractivity contribution in [3.63, 3.8) is 0 Å². The predicted octanol–water partition coefficient (Wildman–Crippen LogP) is 3.17. The third-order valence-corrected chi connectivity index (χ3v) is 6.94. The third-order valence-electron chi connectivity index (χ3n) is 6.41. The van der Waals surface area contributed by atoms with Gasteiger partial charge in [-0.2, -0.15) is 0 Å². The van der Waals surface area contributed by atoms with E-state index >= 15 is 0 Å². The summed E-state index contributed by atoms with van der Waals surface area (Å²) in [6.07, 6.45) is 0.863. The van der Waals surface area contributed by atoms with Gasteiger partial charge < -0.3 is 29.4 Å². The Morgan fingerprint density at radius 2 is 1.61 bits per heavy atom. The van der Waals surface area contributed by atoms with E-state index in [0.29, 0.717) is 64.3 Å². The monoisotopic (exact) mass is 599 g/mol. The smallest absolute Gasteiger partial charge is 0.549 e. The molecule has 1 unspecified atom stereocenters. The molecular weight excluding hydrogens is 576 g/mol. The zero-order valence-electron chi connectivity index (χ0n) is 22.2. The van der Waals surface area contributed by atoms with Gasteiger partial charge >= 0.3 is 29.6 Å². The summed E-state index contributed by atoms with van der Waals surface area (Å²) in [5, 5.41) is 15.2. The van der Waals surface area contributed by atoms with Crippen molar-refractivity contribution >= 4 is 35.1 Å². The number of fused-ring (bicyclic) bond motifs is 1. The van der Waals surface area contributed by atoms with Crippen LogP contribution in [0.1, 0.15) is 33.8 Å². The number of halogens is 2. The van der Waals surface area contributed by atoms with E-state index < -0.39 is 11.9 Å². The van der Waals surface area contributed by atoms with E-state index in [-0.39, 0.29) is 47.1 Å². The molecule has 7 nitrogen and oxygen atoms in total. The molecule has 0 fully saturated rings. The van der Waals surface area contributed by atoms with Crippen LogP contribution in [-0.2, 0) is 11.2 Å². The van der Waals surface area contributed by atoms with Crippen LogP contribution in [-0.4, -0.2) is 25.0 Å². The minimum absolute atomic E-state index is 0. The van der Waals surface area contributed by atoms with E-state index in [4.69, 9.17) is 37.4 Å². The molecule has 0 aliphatic carbocycles. The molecule has 204 valence electrons. The number of amides is 1. The number of nitrogens with one attached hydrogen (secondary N) is 1. The first-order valence-electron chi connectivity index (χ1n) is 12.6. The van der Waals surface area contributed by atoms with Gasteiger partial charge in [0, 0.05) is 40.6 Å². The fraction of sp³-hybridized carbons (Fsp3) is 0.161. The largest absolute Gasteiger partial charge is 1.00 e. The molecule has 1 heterocycles. The van der Waals surface area contributed by atoms with E-state index in [1.165, 1.54) is 6.07 Å². The van der Waals surface area contributed by atoms with E-state index in [2.05, 4.69) is 5.32 Å². The summed E-state index contributed by atoms with van der Waals surface area (Å²) in [4.78, 5) is 24.2. The Hall–Kier alpha value is -3.20. The maximum absolute atomic E-state index is 12.7. The molecular formula is C31H24Cl2NNaO6. The number of hydrogen-bond donors (Lipinski definition) is 1. The van der Waals surface area contributed by atoms with Gasteiger partial charge in [-0.1, -0.05) is 47.5 Å². The summed E-state index contributed by atoms with van der Waals surface area (Å²) in [5.74, 6) is 0.309. The zero-order chi connectivity index (χ0) is 28.1. The van der Waals surface area contributed by atoms with Crippen molar-refractivity contribution in [2.75, 3.05) is 13.2 Å². The quantitative estimate of drug-likeness (QED) is 0.297. The Balaban J connectivity index is 0.00000387. The second kappa shape index (κ2) is 14.1. The van der Waals surface area contributed by atoms with Crippen LogP contribution < -0.4 is 54.2 Å². The Morgan fingerprint density at radius 3 is 2.34 bits per heavy atom. The molecule has 0 saturated carbocycles. The van der Waals surface area contributed by atoms with E-state index in [1.807, 2.05) is 36.4 Å². The average molecular weight is 600 g/mol. The number of rotatable bonds is 9. The molecule has 1 aliphatic rings. The van der Waals surface area contributed by atoms with Gasteiger partial charge in [-0.3, -0.25) is 4.79 Å². The number of carboxylic acid groups (broad SMARTS) is 1. The number of hydrogen-bond acceptors (Lipinski definition) is 6. The molecule has 0 radical (unpaired) electrons. The average Bonchev–Trinajstić information content (AvgIpc) is 2.95. The minimum atomic E-state index is -1.17. The first-order chi connectivity index (χ1) is 19.4. The second-order valence-electron chi connectivity index (χ2n) is 9.13. The molecule has 1 N–H and O–H groups in total. The molecule has 10 heteroatoms. The van der Waals surface area contributed by atoms with Gasteiger partial charge in [-0.25, -0.2) is 0 Å². The van der Waals surface area contributed by atoms with E-state index in [1.54, 1.807) is 42.5 Å². The predicted molar refractivity (Wildman–Crippen MR) is 150 cm³/mol. The maximum Gasteiger partial charge on any atom is 1.00 e. The van der Waals surface area contributed by atoms with Crippen molar-refractivity contribution < 1.29 is 58.5 Å². The van der Waals surface area contributed by atoms with Gasteiger partial charge in [0.05, 0.1) is 11.6 Å². The third kappa shape index (κ3) is 7.76. The van der Waals surface area contributed by atoms with E-state index in [0.717, 1.165) is 5.56 Å². The second-order valence-corrected chi connectivity index (χ2v) is 9.97. The Morgan fingerprint density at radius 1 is 0.902 bits per heavy atom. The van der Waals surface area contributed by atoms with Crippen LogP contribution >= 0.6 is 23.2 Å². The van der Waals surface area contributed by atoms with Crippen molar-refractivity contribution in [1.29, 1.82) is 0 Å². The molecule has 4 aromatic rings. The fourth-order valence-electron chi connectivity index (χ4n) is 4.37.